The van der Waals surface area contributed by atoms with E-state index in [0.717, 1.165) is 33.1 Å². The van der Waals surface area contributed by atoms with E-state index >= 15 is 0 Å². The summed E-state index contributed by atoms with van der Waals surface area (Å²) in [7, 11) is 0. The van der Waals surface area contributed by atoms with Crippen molar-refractivity contribution in [2.24, 2.45) is 0 Å². The van der Waals surface area contributed by atoms with E-state index < -0.39 is 0 Å². The van der Waals surface area contributed by atoms with Crippen LogP contribution in [0.2, 0.25) is 0 Å². The maximum Gasteiger partial charge on any atom is 0.124 e. The minimum Gasteiger partial charge on any atom is -0.311 e. The van der Waals surface area contributed by atoms with Gasteiger partial charge in [0, 0.05) is 22.6 Å². The molecular formula is C37H26N2S. The van der Waals surface area contributed by atoms with E-state index in [1.54, 1.807) is 11.3 Å². The van der Waals surface area contributed by atoms with E-state index in [-0.39, 0.29) is 0 Å². The maximum absolute atomic E-state index is 4.94. The Morgan fingerprint density at radius 1 is 0.425 bits per heavy atom. The Morgan fingerprint density at radius 3 is 1.60 bits per heavy atom. The van der Waals surface area contributed by atoms with Crippen molar-refractivity contribution in [3.8, 4) is 32.8 Å². The molecule has 0 spiro atoms. The van der Waals surface area contributed by atoms with E-state index in [4.69, 9.17) is 4.98 Å². The van der Waals surface area contributed by atoms with Gasteiger partial charge in [-0.25, -0.2) is 4.98 Å². The summed E-state index contributed by atoms with van der Waals surface area (Å²) in [4.78, 5) is 7.23. The fourth-order valence-corrected chi connectivity index (χ4v) is 6.13. The molecule has 0 amide bonds. The van der Waals surface area contributed by atoms with Crippen molar-refractivity contribution in [3.63, 3.8) is 0 Å². The molecule has 0 aliphatic heterocycles. The van der Waals surface area contributed by atoms with Gasteiger partial charge in [0.2, 0.25) is 0 Å². The molecule has 3 heteroatoms. The third-order valence-corrected chi connectivity index (χ3v) is 8.20. The zero-order chi connectivity index (χ0) is 26.7. The highest BCUT2D eigenvalue weighted by molar-refractivity contribution is 7.21. The fraction of sp³-hybridized carbons (Fsp3) is 0. The van der Waals surface area contributed by atoms with E-state index in [1.165, 1.54) is 27.0 Å². The van der Waals surface area contributed by atoms with Crippen molar-refractivity contribution in [3.05, 3.63) is 158 Å². The molecule has 0 bridgehead atoms. The van der Waals surface area contributed by atoms with Gasteiger partial charge in [-0.3, -0.25) is 0 Å². The molecule has 0 saturated heterocycles. The van der Waals surface area contributed by atoms with Gasteiger partial charge in [-0.05, 0) is 76.9 Å². The van der Waals surface area contributed by atoms with Gasteiger partial charge in [-0.2, -0.15) is 0 Å². The molecule has 6 aromatic carbocycles. The van der Waals surface area contributed by atoms with Crippen LogP contribution in [0.25, 0.3) is 43.0 Å². The lowest BCUT2D eigenvalue weighted by Crippen LogP contribution is -2.09. The molecule has 1 heterocycles. The zero-order valence-electron chi connectivity index (χ0n) is 21.8. The topological polar surface area (TPSA) is 16.1 Å². The van der Waals surface area contributed by atoms with Crippen molar-refractivity contribution in [1.29, 1.82) is 0 Å². The van der Waals surface area contributed by atoms with Crippen LogP contribution in [0.15, 0.2) is 158 Å². The molecule has 0 atom stereocenters. The third-order valence-electron chi connectivity index (χ3n) is 7.11. The van der Waals surface area contributed by atoms with Gasteiger partial charge in [0.25, 0.3) is 0 Å². The van der Waals surface area contributed by atoms with Gasteiger partial charge in [0.05, 0.1) is 10.2 Å². The van der Waals surface area contributed by atoms with Gasteiger partial charge in [-0.15, -0.1) is 11.3 Å². The predicted octanol–water partition coefficient (Wildman–Crippen LogP) is 10.8. The molecule has 7 rings (SSSR count). The smallest absolute Gasteiger partial charge is 0.124 e. The molecule has 7 aromatic rings. The molecule has 1 aromatic heterocycles. The van der Waals surface area contributed by atoms with Gasteiger partial charge in [-0.1, -0.05) is 103 Å². The minimum absolute atomic E-state index is 1.04. The van der Waals surface area contributed by atoms with Gasteiger partial charge < -0.3 is 4.90 Å². The number of fused-ring (bicyclic) bond motifs is 1. The van der Waals surface area contributed by atoms with Crippen molar-refractivity contribution in [2.45, 2.75) is 0 Å². The minimum atomic E-state index is 1.04. The quantitative estimate of drug-likeness (QED) is 0.213. The molecule has 0 fully saturated rings. The van der Waals surface area contributed by atoms with Crippen LogP contribution in [0.4, 0.5) is 17.1 Å². The van der Waals surface area contributed by atoms with Gasteiger partial charge >= 0.3 is 0 Å². The number of aromatic nitrogens is 1. The van der Waals surface area contributed by atoms with Crippen molar-refractivity contribution < 1.29 is 0 Å². The molecule has 0 saturated carbocycles. The molecular weight excluding hydrogens is 504 g/mol. The second kappa shape index (κ2) is 10.6. The second-order valence-electron chi connectivity index (χ2n) is 9.67. The van der Waals surface area contributed by atoms with Crippen LogP contribution in [0.1, 0.15) is 0 Å². The van der Waals surface area contributed by atoms with Crippen molar-refractivity contribution in [2.75, 3.05) is 4.90 Å². The lowest BCUT2D eigenvalue weighted by atomic mass is 9.92. The predicted molar refractivity (Wildman–Crippen MR) is 171 cm³/mol. The highest BCUT2D eigenvalue weighted by Crippen LogP contribution is 2.40. The molecule has 40 heavy (non-hydrogen) atoms. The summed E-state index contributed by atoms with van der Waals surface area (Å²) in [5.74, 6) is 0. The first-order valence-corrected chi connectivity index (χ1v) is 14.2. The van der Waals surface area contributed by atoms with Crippen molar-refractivity contribution >= 4 is 38.6 Å². The van der Waals surface area contributed by atoms with E-state index in [2.05, 4.69) is 157 Å². The average molecular weight is 531 g/mol. The van der Waals surface area contributed by atoms with Crippen LogP contribution < -0.4 is 4.90 Å². The summed E-state index contributed by atoms with van der Waals surface area (Å²) < 4.78 is 1.21. The van der Waals surface area contributed by atoms with Crippen LogP contribution in [-0.2, 0) is 0 Å². The fourth-order valence-electron chi connectivity index (χ4n) is 5.17. The first kappa shape index (κ1) is 24.1. The van der Waals surface area contributed by atoms with Crippen LogP contribution in [0, 0.1) is 0 Å². The number of nitrogens with zero attached hydrogens (tertiary/aromatic N) is 2. The first-order valence-electron chi connectivity index (χ1n) is 13.4. The van der Waals surface area contributed by atoms with Crippen LogP contribution in [0.5, 0.6) is 0 Å². The molecule has 190 valence electrons. The molecule has 0 radical (unpaired) electrons. The summed E-state index contributed by atoms with van der Waals surface area (Å²) in [6, 6.07) is 55.6. The van der Waals surface area contributed by atoms with E-state index in [0.29, 0.717) is 0 Å². The molecule has 0 aliphatic carbocycles. The Labute approximate surface area is 238 Å². The molecule has 2 nitrogen and oxygen atoms in total. The van der Waals surface area contributed by atoms with E-state index in [9.17, 15) is 0 Å². The number of hydrogen-bond acceptors (Lipinski definition) is 3. The van der Waals surface area contributed by atoms with Gasteiger partial charge in [0.15, 0.2) is 0 Å². The standard InChI is InChI=1S/C37H26N2S/c1-4-12-27(13-5-1)33-25-22-29(37-38-35-18-10-11-19-36(35)40-37)26-34(33)28-20-23-32(24-21-28)39(30-14-6-2-7-15-30)31-16-8-3-9-17-31/h1-26H. The lowest BCUT2D eigenvalue weighted by molar-refractivity contribution is 1.28. The number of rotatable bonds is 6. The van der Waals surface area contributed by atoms with E-state index in [1.807, 2.05) is 6.07 Å². The monoisotopic (exact) mass is 530 g/mol. The number of para-hydroxylation sites is 3. The Hall–Kier alpha value is -4.99. The Kier molecular flexibility index (Phi) is 6.41. The summed E-state index contributed by atoms with van der Waals surface area (Å²) in [5.41, 5.74) is 10.3. The second-order valence-corrected chi connectivity index (χ2v) is 10.7. The summed E-state index contributed by atoms with van der Waals surface area (Å²) in [6.45, 7) is 0. The Bertz CT molecular complexity index is 1800. The highest BCUT2D eigenvalue weighted by Gasteiger charge is 2.15. The maximum atomic E-state index is 4.94. The molecule has 0 N–H and O–H groups in total. The zero-order valence-corrected chi connectivity index (χ0v) is 22.6. The summed E-state index contributed by atoms with van der Waals surface area (Å²) in [6.07, 6.45) is 0. The molecule has 0 aliphatic rings. The van der Waals surface area contributed by atoms with Crippen LogP contribution in [-0.4, -0.2) is 4.98 Å². The Morgan fingerprint density at radius 2 is 0.950 bits per heavy atom. The van der Waals surface area contributed by atoms with Crippen LogP contribution in [0.3, 0.4) is 0 Å². The first-order chi connectivity index (χ1) is 19.8. The Balaban J connectivity index is 1.34. The number of anilines is 3. The normalized spacial score (nSPS) is 11.0. The average Bonchev–Trinajstić information content (AvgIpc) is 3.47. The lowest BCUT2D eigenvalue weighted by Gasteiger charge is -2.25. The number of thiazole rings is 1. The van der Waals surface area contributed by atoms with Crippen LogP contribution >= 0.6 is 11.3 Å². The number of benzene rings is 6. The molecule has 0 unspecified atom stereocenters. The third kappa shape index (κ3) is 4.68. The highest BCUT2D eigenvalue weighted by atomic mass is 32.1. The summed E-state index contributed by atoms with van der Waals surface area (Å²) >= 11 is 1.74. The largest absolute Gasteiger partial charge is 0.311 e. The van der Waals surface area contributed by atoms with Gasteiger partial charge in [0.1, 0.15) is 5.01 Å². The van der Waals surface area contributed by atoms with Crippen molar-refractivity contribution in [1.82, 2.24) is 4.98 Å². The number of hydrogen-bond donors (Lipinski definition) is 0. The summed E-state index contributed by atoms with van der Waals surface area (Å²) in [5, 5.41) is 1.04. The SMILES string of the molecule is c1ccc(-c2ccc(-c3nc4ccccc4s3)cc2-c2ccc(N(c3ccccc3)c3ccccc3)cc2)cc1.